The van der Waals surface area contributed by atoms with Crippen LogP contribution in [0.25, 0.3) is 93.9 Å². The van der Waals surface area contributed by atoms with Gasteiger partial charge in [-0.1, -0.05) is 182 Å². The molecular formula is C67H42N2O. The maximum absolute atomic E-state index is 6.64. The summed E-state index contributed by atoms with van der Waals surface area (Å²) in [6, 6.07) is 93.9. The first-order valence-electron chi connectivity index (χ1n) is 24.2. The smallest absolute Gasteiger partial charge is 0.136 e. The van der Waals surface area contributed by atoms with Gasteiger partial charge in [0.15, 0.2) is 0 Å². The predicted octanol–water partition coefficient (Wildman–Crippen LogP) is 17.8. The Hall–Kier alpha value is -9.18. The van der Waals surface area contributed by atoms with Gasteiger partial charge in [0, 0.05) is 44.3 Å². The third-order valence-corrected chi connectivity index (χ3v) is 15.2. The summed E-state index contributed by atoms with van der Waals surface area (Å²) >= 11 is 0. The Morgan fingerprint density at radius 2 is 0.886 bits per heavy atom. The number of anilines is 3. The Morgan fingerprint density at radius 1 is 0.329 bits per heavy atom. The maximum Gasteiger partial charge on any atom is 0.136 e. The van der Waals surface area contributed by atoms with Crippen molar-refractivity contribution in [2.24, 2.45) is 0 Å². The van der Waals surface area contributed by atoms with Crippen molar-refractivity contribution in [1.82, 2.24) is 4.57 Å². The zero-order valence-electron chi connectivity index (χ0n) is 38.1. The number of hydrogen-bond acceptors (Lipinski definition) is 2. The lowest BCUT2D eigenvalue weighted by Crippen LogP contribution is -2.29. The molecule has 70 heavy (non-hydrogen) atoms. The van der Waals surface area contributed by atoms with Crippen LogP contribution in [0.5, 0.6) is 0 Å². The Kier molecular flexibility index (Phi) is 8.28. The van der Waals surface area contributed by atoms with Crippen LogP contribution in [0.2, 0.25) is 0 Å². The number of benzene rings is 11. The summed E-state index contributed by atoms with van der Waals surface area (Å²) in [7, 11) is 0. The fourth-order valence-corrected chi connectivity index (χ4v) is 12.4. The molecule has 0 saturated heterocycles. The molecule has 0 fully saturated rings. The van der Waals surface area contributed by atoms with Crippen molar-refractivity contribution in [3.8, 4) is 50.2 Å². The first kappa shape index (κ1) is 38.9. The molecule has 15 rings (SSSR count). The van der Waals surface area contributed by atoms with Gasteiger partial charge in [0.1, 0.15) is 11.2 Å². The highest BCUT2D eigenvalue weighted by Gasteiger charge is 2.50. The fraction of sp³-hybridized carbons (Fsp3) is 0.0149. The van der Waals surface area contributed by atoms with Crippen LogP contribution in [0.3, 0.4) is 0 Å². The van der Waals surface area contributed by atoms with Crippen LogP contribution >= 0.6 is 0 Å². The molecule has 1 atom stereocenters. The van der Waals surface area contributed by atoms with Crippen LogP contribution in [0.15, 0.2) is 259 Å². The van der Waals surface area contributed by atoms with E-state index in [2.05, 4.69) is 264 Å². The Balaban J connectivity index is 1.04. The number of para-hydroxylation sites is 3. The van der Waals surface area contributed by atoms with Crippen molar-refractivity contribution >= 4 is 60.8 Å². The van der Waals surface area contributed by atoms with Gasteiger partial charge in [0.05, 0.1) is 16.4 Å². The van der Waals surface area contributed by atoms with Crippen LogP contribution < -0.4 is 4.90 Å². The molecule has 0 aliphatic heterocycles. The van der Waals surface area contributed by atoms with E-state index in [1.165, 1.54) is 88.6 Å². The lowest BCUT2D eigenvalue weighted by molar-refractivity contribution is 0.668. The predicted molar refractivity (Wildman–Crippen MR) is 290 cm³/mol. The molecule has 2 aliphatic carbocycles. The van der Waals surface area contributed by atoms with Crippen LogP contribution in [0.4, 0.5) is 17.1 Å². The molecule has 13 aromatic rings. The van der Waals surface area contributed by atoms with Crippen LogP contribution in [0, 0.1) is 0 Å². The zero-order chi connectivity index (χ0) is 45.9. The van der Waals surface area contributed by atoms with Gasteiger partial charge in [0.2, 0.25) is 0 Å². The quantitative estimate of drug-likeness (QED) is 0.172. The molecule has 1 unspecified atom stereocenters. The van der Waals surface area contributed by atoms with Crippen molar-refractivity contribution < 1.29 is 4.42 Å². The van der Waals surface area contributed by atoms with Crippen LogP contribution in [-0.2, 0) is 5.41 Å². The summed E-state index contributed by atoms with van der Waals surface area (Å²) in [5, 5.41) is 4.72. The van der Waals surface area contributed by atoms with E-state index in [4.69, 9.17) is 4.42 Å². The van der Waals surface area contributed by atoms with E-state index in [0.717, 1.165) is 44.7 Å². The summed E-state index contributed by atoms with van der Waals surface area (Å²) in [5.74, 6) is 0. The van der Waals surface area contributed by atoms with Crippen LogP contribution in [-0.4, -0.2) is 4.57 Å². The van der Waals surface area contributed by atoms with E-state index in [9.17, 15) is 0 Å². The highest BCUT2D eigenvalue weighted by Crippen LogP contribution is 2.63. The molecule has 0 saturated carbocycles. The molecule has 1 spiro atoms. The molecule has 0 radical (unpaired) electrons. The van der Waals surface area contributed by atoms with Crippen molar-refractivity contribution in [2.75, 3.05) is 4.90 Å². The van der Waals surface area contributed by atoms with Gasteiger partial charge in [0.25, 0.3) is 0 Å². The van der Waals surface area contributed by atoms with Gasteiger partial charge in [-0.3, -0.25) is 0 Å². The molecule has 0 bridgehead atoms. The average Bonchev–Trinajstić information content (AvgIpc) is 4.05. The van der Waals surface area contributed by atoms with Crippen molar-refractivity contribution in [3.05, 3.63) is 277 Å². The molecule has 326 valence electrons. The highest BCUT2D eigenvalue weighted by atomic mass is 16.3. The number of fused-ring (bicyclic) bond motifs is 19. The molecule has 2 aliphatic rings. The second-order valence-electron chi connectivity index (χ2n) is 18.7. The Labute approximate surface area is 405 Å². The fourth-order valence-electron chi connectivity index (χ4n) is 12.4. The second kappa shape index (κ2) is 14.9. The van der Waals surface area contributed by atoms with Gasteiger partial charge < -0.3 is 13.9 Å². The minimum atomic E-state index is -0.699. The minimum absolute atomic E-state index is 0.699. The third kappa shape index (κ3) is 5.40. The lowest BCUT2D eigenvalue weighted by atomic mass is 9.65. The lowest BCUT2D eigenvalue weighted by Gasteiger charge is -2.36. The van der Waals surface area contributed by atoms with Crippen molar-refractivity contribution in [3.63, 3.8) is 0 Å². The van der Waals surface area contributed by atoms with Crippen molar-refractivity contribution in [1.29, 1.82) is 0 Å². The molecule has 2 aromatic heterocycles. The second-order valence-corrected chi connectivity index (χ2v) is 18.7. The zero-order valence-corrected chi connectivity index (χ0v) is 38.1. The largest absolute Gasteiger partial charge is 0.456 e. The summed E-state index contributed by atoms with van der Waals surface area (Å²) in [6.07, 6.45) is 0. The molecule has 3 nitrogen and oxygen atoms in total. The molecule has 11 aromatic carbocycles. The topological polar surface area (TPSA) is 21.3 Å². The van der Waals surface area contributed by atoms with Crippen molar-refractivity contribution in [2.45, 2.75) is 5.41 Å². The number of hydrogen-bond donors (Lipinski definition) is 0. The monoisotopic (exact) mass is 890 g/mol. The standard InChI is InChI=1S/C67H42N2O/c1-3-17-43(18-4-1)44-31-33-46(34-32-44)68(47-36-39-62-56(41-47)53-24-11-15-29-61(53)69(62)45-19-5-2-6-20-45)48-35-37-52-50-22-8-7-21-49(50)51-23-9-13-27-57(51)67(60(52)42-48)58-28-14-10-25-54(58)65-59(67)38-40-64-66(65)55-26-12-16-30-63(55)70-64/h1-42H. The average molecular weight is 891 g/mol. The van der Waals surface area contributed by atoms with Gasteiger partial charge >= 0.3 is 0 Å². The summed E-state index contributed by atoms with van der Waals surface area (Å²) in [4.78, 5) is 2.47. The molecule has 0 N–H and O–H groups in total. The number of rotatable bonds is 5. The maximum atomic E-state index is 6.64. The van der Waals surface area contributed by atoms with E-state index in [-0.39, 0.29) is 0 Å². The Bertz CT molecular complexity index is 4240. The van der Waals surface area contributed by atoms with Crippen LogP contribution in [0.1, 0.15) is 22.3 Å². The molecule has 3 heteroatoms. The minimum Gasteiger partial charge on any atom is -0.456 e. The van der Waals surface area contributed by atoms with E-state index in [1.54, 1.807) is 0 Å². The van der Waals surface area contributed by atoms with Gasteiger partial charge in [-0.25, -0.2) is 0 Å². The summed E-state index contributed by atoms with van der Waals surface area (Å²) in [5.41, 5.74) is 22.7. The first-order valence-corrected chi connectivity index (χ1v) is 24.2. The summed E-state index contributed by atoms with van der Waals surface area (Å²) in [6.45, 7) is 0. The van der Waals surface area contributed by atoms with E-state index >= 15 is 0 Å². The highest BCUT2D eigenvalue weighted by molar-refractivity contribution is 6.16. The molecular weight excluding hydrogens is 849 g/mol. The molecule has 0 amide bonds. The van der Waals surface area contributed by atoms with Gasteiger partial charge in [-0.05, 0) is 140 Å². The van der Waals surface area contributed by atoms with E-state index in [1.807, 2.05) is 0 Å². The van der Waals surface area contributed by atoms with E-state index < -0.39 is 5.41 Å². The normalized spacial score (nSPS) is 14.3. The van der Waals surface area contributed by atoms with Gasteiger partial charge in [-0.15, -0.1) is 0 Å². The summed E-state index contributed by atoms with van der Waals surface area (Å²) < 4.78 is 9.04. The number of furan rings is 1. The Morgan fingerprint density at radius 3 is 1.67 bits per heavy atom. The van der Waals surface area contributed by atoms with Gasteiger partial charge in [-0.2, -0.15) is 0 Å². The number of aromatic nitrogens is 1. The number of nitrogens with zero attached hydrogens (tertiary/aromatic N) is 2. The third-order valence-electron chi connectivity index (χ3n) is 15.2. The van der Waals surface area contributed by atoms with E-state index in [0.29, 0.717) is 0 Å². The SMILES string of the molecule is c1ccc(-c2ccc(N(c3ccc4c(c3)C3(c5ccccc5-c5ccccc5-4)c4ccccc4-c4c3ccc3oc5ccccc5c43)c3ccc4c(c3)c3ccccc3n4-c3ccccc3)cc2)cc1. The first-order chi connectivity index (χ1) is 34.7. The molecule has 2 heterocycles.